The van der Waals surface area contributed by atoms with Crippen LogP contribution < -0.4 is 10.6 Å². The van der Waals surface area contributed by atoms with E-state index in [2.05, 4.69) is 29.5 Å². The first kappa shape index (κ1) is 18.7. The van der Waals surface area contributed by atoms with Crippen molar-refractivity contribution < 1.29 is 14.1 Å². The molecule has 9 heteroatoms. The van der Waals surface area contributed by atoms with Gasteiger partial charge in [0.1, 0.15) is 17.0 Å². The maximum Gasteiger partial charge on any atom is 0.277 e. The van der Waals surface area contributed by atoms with Gasteiger partial charge in [0.15, 0.2) is 5.69 Å². The molecule has 0 saturated carbocycles. The topological polar surface area (TPSA) is 99.1 Å². The van der Waals surface area contributed by atoms with Crippen LogP contribution in [-0.2, 0) is 17.9 Å². The van der Waals surface area contributed by atoms with E-state index in [0.29, 0.717) is 34.3 Å². The van der Waals surface area contributed by atoms with Crippen molar-refractivity contribution in [3.63, 3.8) is 0 Å². The first-order valence-electron chi connectivity index (χ1n) is 8.72. The Balaban J connectivity index is 1.52. The molecule has 7 nitrogen and oxygen atoms in total. The van der Waals surface area contributed by atoms with Gasteiger partial charge in [-0.15, -0.1) is 11.3 Å². The van der Waals surface area contributed by atoms with Gasteiger partial charge in [-0.1, -0.05) is 13.8 Å². The molecule has 1 atom stereocenters. The Kier molecular flexibility index (Phi) is 4.96. The molecule has 2 aromatic heterocycles. The summed E-state index contributed by atoms with van der Waals surface area (Å²) in [5, 5.41) is 6.63. The smallest absolute Gasteiger partial charge is 0.277 e. The van der Waals surface area contributed by atoms with Gasteiger partial charge in [0, 0.05) is 22.6 Å². The maximum absolute atomic E-state index is 12.8. The van der Waals surface area contributed by atoms with Gasteiger partial charge in [-0.3, -0.25) is 9.59 Å². The number of fused-ring (bicyclic) bond motifs is 2. The summed E-state index contributed by atoms with van der Waals surface area (Å²) in [5.41, 5.74) is 1.07. The van der Waals surface area contributed by atoms with Crippen molar-refractivity contribution in [3.05, 3.63) is 63.9 Å². The SMILES string of the molecule is CC(C)c1ncc(CNC(=O)c2ccc3c(c2)NC(=O)c2cccn2[S+]3[O-])s1. The van der Waals surface area contributed by atoms with Crippen LogP contribution in [0.5, 0.6) is 0 Å². The summed E-state index contributed by atoms with van der Waals surface area (Å²) in [4.78, 5) is 30.7. The van der Waals surface area contributed by atoms with Crippen LogP contribution >= 0.6 is 11.3 Å². The second-order valence-electron chi connectivity index (χ2n) is 6.64. The summed E-state index contributed by atoms with van der Waals surface area (Å²) in [6.07, 6.45) is 3.37. The highest BCUT2D eigenvalue weighted by Gasteiger charge is 2.30. The monoisotopic (exact) mass is 414 g/mol. The molecular formula is C19H18N4O3S2. The van der Waals surface area contributed by atoms with E-state index < -0.39 is 11.4 Å². The van der Waals surface area contributed by atoms with E-state index in [1.54, 1.807) is 54.1 Å². The number of nitrogens with one attached hydrogen (secondary N) is 2. The molecule has 3 aromatic rings. The fraction of sp³-hybridized carbons (Fsp3) is 0.211. The maximum atomic E-state index is 12.8. The van der Waals surface area contributed by atoms with Crippen LogP contribution in [0.2, 0.25) is 0 Å². The number of amides is 2. The highest BCUT2D eigenvalue weighted by molar-refractivity contribution is 7.90. The molecule has 2 amide bonds. The molecular weight excluding hydrogens is 396 g/mol. The molecule has 3 heterocycles. The van der Waals surface area contributed by atoms with Gasteiger partial charge >= 0.3 is 0 Å². The molecule has 0 fully saturated rings. The predicted octanol–water partition coefficient (Wildman–Crippen LogP) is 3.13. The van der Waals surface area contributed by atoms with Gasteiger partial charge in [-0.25, -0.2) is 4.98 Å². The lowest BCUT2D eigenvalue weighted by Crippen LogP contribution is -2.22. The Morgan fingerprint density at radius 3 is 2.96 bits per heavy atom. The van der Waals surface area contributed by atoms with Crippen molar-refractivity contribution in [3.8, 4) is 0 Å². The molecule has 1 aromatic carbocycles. The van der Waals surface area contributed by atoms with Gasteiger partial charge in [-0.2, -0.15) is 3.97 Å². The predicted molar refractivity (Wildman–Crippen MR) is 108 cm³/mol. The van der Waals surface area contributed by atoms with Crippen molar-refractivity contribution in [1.29, 1.82) is 0 Å². The van der Waals surface area contributed by atoms with Crippen molar-refractivity contribution in [1.82, 2.24) is 14.3 Å². The summed E-state index contributed by atoms with van der Waals surface area (Å²) >= 11 is 0.0137. The summed E-state index contributed by atoms with van der Waals surface area (Å²) < 4.78 is 14.2. The minimum absolute atomic E-state index is 0.272. The van der Waals surface area contributed by atoms with Gasteiger partial charge in [-0.05, 0) is 30.3 Å². The standard InChI is InChI=1S/C19H18N4O3S2/c1-11(2)19-21-10-13(27-19)9-20-17(24)12-5-6-16-14(8-12)22-18(25)15-4-3-7-23(15)28(16)26/h3-8,10-11H,9H2,1-2H3,(H,20,24)(H,22,25). The molecule has 0 radical (unpaired) electrons. The van der Waals surface area contributed by atoms with Crippen LogP contribution in [0, 0.1) is 0 Å². The van der Waals surface area contributed by atoms with E-state index >= 15 is 0 Å². The van der Waals surface area contributed by atoms with Gasteiger partial charge < -0.3 is 15.2 Å². The Morgan fingerprint density at radius 2 is 2.21 bits per heavy atom. The Bertz CT molecular complexity index is 1060. The first-order chi connectivity index (χ1) is 13.4. The molecule has 1 aliphatic heterocycles. The third-order valence-electron chi connectivity index (χ3n) is 4.29. The second-order valence-corrected chi connectivity index (χ2v) is 9.11. The Hall–Kier alpha value is -2.62. The minimum Gasteiger partial charge on any atom is -0.587 e. The fourth-order valence-corrected chi connectivity index (χ4v) is 4.90. The average Bonchev–Trinajstić information content (AvgIpc) is 3.33. The summed E-state index contributed by atoms with van der Waals surface area (Å²) in [5.74, 6) is -0.282. The van der Waals surface area contributed by atoms with Crippen LogP contribution in [0.15, 0.2) is 47.6 Å². The van der Waals surface area contributed by atoms with E-state index in [-0.39, 0.29) is 11.8 Å². The molecule has 144 valence electrons. The van der Waals surface area contributed by atoms with Crippen LogP contribution in [0.1, 0.15) is 50.5 Å². The van der Waals surface area contributed by atoms with E-state index in [0.717, 1.165) is 9.88 Å². The molecule has 0 aliphatic carbocycles. The third kappa shape index (κ3) is 3.44. The lowest BCUT2D eigenvalue weighted by molar-refractivity contribution is 0.0949. The summed E-state index contributed by atoms with van der Waals surface area (Å²) in [6, 6.07) is 8.05. The zero-order chi connectivity index (χ0) is 19.8. The van der Waals surface area contributed by atoms with Crippen molar-refractivity contribution >= 4 is 40.2 Å². The third-order valence-corrected chi connectivity index (χ3v) is 7.00. The van der Waals surface area contributed by atoms with E-state index in [4.69, 9.17) is 0 Å². The molecule has 2 N–H and O–H groups in total. The number of carbonyl (C=O) groups is 2. The normalized spacial score (nSPS) is 15.6. The molecule has 4 rings (SSSR count). The average molecular weight is 415 g/mol. The number of thiazole rings is 1. The summed E-state index contributed by atoms with van der Waals surface area (Å²) in [7, 11) is 0. The number of benzene rings is 1. The van der Waals surface area contributed by atoms with Gasteiger partial charge in [0.2, 0.25) is 4.90 Å². The number of nitrogens with zero attached hydrogens (tertiary/aromatic N) is 2. The molecule has 1 unspecified atom stereocenters. The zero-order valence-corrected chi connectivity index (χ0v) is 16.9. The number of hydrogen-bond acceptors (Lipinski definition) is 5. The zero-order valence-electron chi connectivity index (χ0n) is 15.3. The van der Waals surface area contributed by atoms with Crippen molar-refractivity contribution in [2.24, 2.45) is 0 Å². The number of hydrogen-bond donors (Lipinski definition) is 2. The molecule has 0 bridgehead atoms. The van der Waals surface area contributed by atoms with Crippen molar-refractivity contribution in [2.45, 2.75) is 31.2 Å². The molecule has 0 saturated heterocycles. The van der Waals surface area contributed by atoms with E-state index in [1.165, 1.54) is 3.97 Å². The quantitative estimate of drug-likeness (QED) is 0.641. The molecule has 0 spiro atoms. The number of aromatic nitrogens is 2. The van der Waals surface area contributed by atoms with Crippen molar-refractivity contribution in [2.75, 3.05) is 5.32 Å². The van der Waals surface area contributed by atoms with Crippen LogP contribution in [0.3, 0.4) is 0 Å². The number of anilines is 1. The minimum atomic E-state index is -1.56. The Labute approximate surface area is 169 Å². The van der Waals surface area contributed by atoms with Gasteiger partial charge in [0.25, 0.3) is 11.8 Å². The summed E-state index contributed by atoms with van der Waals surface area (Å²) in [6.45, 7) is 4.53. The first-order valence-corrected chi connectivity index (χ1v) is 10.6. The van der Waals surface area contributed by atoms with E-state index in [9.17, 15) is 14.1 Å². The van der Waals surface area contributed by atoms with Crippen LogP contribution in [-0.4, -0.2) is 25.3 Å². The number of carbonyl (C=O) groups excluding carboxylic acids is 2. The molecule has 1 aliphatic rings. The Morgan fingerprint density at radius 1 is 1.39 bits per heavy atom. The lowest BCUT2D eigenvalue weighted by Gasteiger charge is -2.12. The fourth-order valence-electron chi connectivity index (χ4n) is 2.84. The highest BCUT2D eigenvalue weighted by atomic mass is 32.2. The highest BCUT2D eigenvalue weighted by Crippen LogP contribution is 2.29. The largest absolute Gasteiger partial charge is 0.587 e. The lowest BCUT2D eigenvalue weighted by atomic mass is 10.2. The van der Waals surface area contributed by atoms with Crippen LogP contribution in [0.25, 0.3) is 0 Å². The number of rotatable bonds is 4. The second kappa shape index (κ2) is 7.42. The van der Waals surface area contributed by atoms with E-state index in [1.807, 2.05) is 0 Å². The van der Waals surface area contributed by atoms with Gasteiger partial charge in [0.05, 0.1) is 17.7 Å². The van der Waals surface area contributed by atoms with Crippen LogP contribution in [0.4, 0.5) is 5.69 Å². The molecule has 28 heavy (non-hydrogen) atoms.